The van der Waals surface area contributed by atoms with Crippen molar-refractivity contribution in [3.63, 3.8) is 0 Å². The molecule has 1 saturated carbocycles. The Morgan fingerprint density at radius 1 is 1.29 bits per heavy atom. The molecule has 2 aromatic rings. The van der Waals surface area contributed by atoms with Crippen LogP contribution in [0.1, 0.15) is 37.2 Å². The fraction of sp³-hybridized carbons (Fsp3) is 0.364. The minimum Gasteiger partial charge on any atom is -0.461 e. The van der Waals surface area contributed by atoms with Crippen molar-refractivity contribution in [3.05, 3.63) is 59.0 Å². The standard InChI is InChI=1S/C22H23ClN2O3/c1-14-13-16(14)20-9-7-15(28-20)8-10-21(26)24(2)19-11-12-25(22(19)27)18-6-4-3-5-17(18)23/h3-10,14,16,19H,11-13H2,1-2H3/b10-8+. The first kappa shape index (κ1) is 18.8. The van der Waals surface area contributed by atoms with Crippen LogP contribution in [-0.4, -0.2) is 36.3 Å². The van der Waals surface area contributed by atoms with Gasteiger partial charge in [-0.3, -0.25) is 9.59 Å². The van der Waals surface area contributed by atoms with Crippen molar-refractivity contribution in [2.45, 2.75) is 31.7 Å². The molecule has 1 aliphatic heterocycles. The molecular weight excluding hydrogens is 376 g/mol. The molecule has 5 nitrogen and oxygen atoms in total. The fourth-order valence-corrected chi connectivity index (χ4v) is 3.97. The number of carbonyl (C=O) groups is 2. The molecule has 0 N–H and O–H groups in total. The second-order valence-corrected chi connectivity index (χ2v) is 8.00. The van der Waals surface area contributed by atoms with E-state index in [4.69, 9.17) is 16.0 Å². The number of anilines is 1. The molecule has 0 spiro atoms. The van der Waals surface area contributed by atoms with E-state index in [1.54, 1.807) is 24.1 Å². The average molecular weight is 399 g/mol. The molecule has 6 heteroatoms. The maximum Gasteiger partial charge on any atom is 0.249 e. The van der Waals surface area contributed by atoms with Crippen LogP contribution in [0, 0.1) is 5.92 Å². The number of hydrogen-bond acceptors (Lipinski definition) is 3. The fourth-order valence-electron chi connectivity index (χ4n) is 3.73. The van der Waals surface area contributed by atoms with E-state index in [0.29, 0.717) is 41.3 Å². The highest BCUT2D eigenvalue weighted by molar-refractivity contribution is 6.34. The molecule has 2 heterocycles. The number of furan rings is 1. The number of rotatable bonds is 5. The third kappa shape index (κ3) is 3.59. The van der Waals surface area contributed by atoms with Crippen molar-refractivity contribution in [1.29, 1.82) is 0 Å². The summed E-state index contributed by atoms with van der Waals surface area (Å²) in [5, 5.41) is 0.531. The lowest BCUT2D eigenvalue weighted by Crippen LogP contribution is -2.42. The van der Waals surface area contributed by atoms with Crippen LogP contribution in [-0.2, 0) is 9.59 Å². The summed E-state index contributed by atoms with van der Waals surface area (Å²) in [6, 6.07) is 10.6. The molecule has 4 rings (SSSR count). The molecule has 1 aromatic carbocycles. The van der Waals surface area contributed by atoms with Crippen LogP contribution in [0.2, 0.25) is 5.02 Å². The molecule has 146 valence electrons. The van der Waals surface area contributed by atoms with E-state index >= 15 is 0 Å². The Labute approximate surface area is 169 Å². The Kier molecular flexibility index (Phi) is 5.02. The molecule has 1 aromatic heterocycles. The zero-order chi connectivity index (χ0) is 19.8. The predicted molar refractivity (Wildman–Crippen MR) is 109 cm³/mol. The van der Waals surface area contributed by atoms with Gasteiger partial charge in [0, 0.05) is 25.6 Å². The molecule has 28 heavy (non-hydrogen) atoms. The van der Waals surface area contributed by atoms with Crippen molar-refractivity contribution < 1.29 is 14.0 Å². The van der Waals surface area contributed by atoms with Crippen LogP contribution in [0.3, 0.4) is 0 Å². The Bertz CT molecular complexity index is 935. The zero-order valence-electron chi connectivity index (χ0n) is 16.0. The van der Waals surface area contributed by atoms with Crippen LogP contribution >= 0.6 is 11.6 Å². The molecule has 3 atom stereocenters. The Morgan fingerprint density at radius 3 is 2.75 bits per heavy atom. The topological polar surface area (TPSA) is 53.8 Å². The van der Waals surface area contributed by atoms with Gasteiger partial charge in [0.15, 0.2) is 0 Å². The maximum atomic E-state index is 12.8. The lowest BCUT2D eigenvalue weighted by Gasteiger charge is -2.23. The van der Waals surface area contributed by atoms with Gasteiger partial charge >= 0.3 is 0 Å². The van der Waals surface area contributed by atoms with Crippen LogP contribution in [0.5, 0.6) is 0 Å². The van der Waals surface area contributed by atoms with Crippen LogP contribution in [0.4, 0.5) is 5.69 Å². The number of para-hydroxylation sites is 1. The summed E-state index contributed by atoms with van der Waals surface area (Å²) in [6.45, 7) is 2.74. The highest BCUT2D eigenvalue weighted by atomic mass is 35.5. The van der Waals surface area contributed by atoms with Gasteiger partial charge in [-0.2, -0.15) is 0 Å². The first-order valence-electron chi connectivity index (χ1n) is 9.56. The molecule has 0 radical (unpaired) electrons. The van der Waals surface area contributed by atoms with Crippen molar-refractivity contribution in [2.24, 2.45) is 5.92 Å². The number of benzene rings is 1. The van der Waals surface area contributed by atoms with E-state index in [1.807, 2.05) is 30.3 Å². The number of hydrogen-bond donors (Lipinski definition) is 0. The first-order chi connectivity index (χ1) is 13.5. The number of nitrogens with zero attached hydrogens (tertiary/aromatic N) is 2. The SMILES string of the molecule is CC1CC1c1ccc(/C=C/C(=O)N(C)C2CCN(c3ccccc3Cl)C2=O)o1. The Balaban J connectivity index is 1.40. The van der Waals surface area contributed by atoms with Crippen LogP contribution < -0.4 is 4.90 Å². The smallest absolute Gasteiger partial charge is 0.249 e. The van der Waals surface area contributed by atoms with Gasteiger partial charge in [0.2, 0.25) is 11.8 Å². The Morgan fingerprint density at radius 2 is 2.04 bits per heavy atom. The van der Waals surface area contributed by atoms with Crippen molar-refractivity contribution in [2.75, 3.05) is 18.5 Å². The van der Waals surface area contributed by atoms with Gasteiger partial charge in [-0.25, -0.2) is 0 Å². The minimum atomic E-state index is -0.493. The molecule has 3 unspecified atom stereocenters. The summed E-state index contributed by atoms with van der Waals surface area (Å²) in [4.78, 5) is 28.5. The monoisotopic (exact) mass is 398 g/mol. The van der Waals surface area contributed by atoms with Gasteiger partial charge in [-0.05, 0) is 49.1 Å². The molecule has 1 aliphatic carbocycles. The summed E-state index contributed by atoms with van der Waals surface area (Å²) < 4.78 is 5.80. The maximum absolute atomic E-state index is 12.8. The molecule has 1 saturated heterocycles. The van der Waals surface area contributed by atoms with Gasteiger partial charge in [-0.15, -0.1) is 0 Å². The number of likely N-dealkylation sites (N-methyl/N-ethyl adjacent to an activating group) is 1. The second-order valence-electron chi connectivity index (χ2n) is 7.59. The van der Waals surface area contributed by atoms with E-state index in [9.17, 15) is 9.59 Å². The first-order valence-corrected chi connectivity index (χ1v) is 9.94. The van der Waals surface area contributed by atoms with Gasteiger partial charge in [0.25, 0.3) is 0 Å². The quantitative estimate of drug-likeness (QED) is 0.704. The van der Waals surface area contributed by atoms with E-state index in [0.717, 1.165) is 12.2 Å². The molecule has 2 amide bonds. The molecule has 2 aliphatic rings. The second kappa shape index (κ2) is 7.47. The minimum absolute atomic E-state index is 0.111. The molecule has 0 bridgehead atoms. The molecular formula is C22H23ClN2O3. The molecule has 2 fully saturated rings. The largest absolute Gasteiger partial charge is 0.461 e. The normalized spacial score (nSPS) is 24.2. The van der Waals surface area contributed by atoms with E-state index < -0.39 is 6.04 Å². The third-order valence-corrected chi connectivity index (χ3v) is 5.97. The third-order valence-electron chi connectivity index (χ3n) is 5.65. The number of halogens is 1. The van der Waals surface area contributed by atoms with E-state index in [2.05, 4.69) is 6.92 Å². The number of carbonyl (C=O) groups excluding carboxylic acids is 2. The summed E-state index contributed by atoms with van der Waals surface area (Å²) in [7, 11) is 1.66. The zero-order valence-corrected chi connectivity index (χ0v) is 16.7. The van der Waals surface area contributed by atoms with Gasteiger partial charge in [-0.1, -0.05) is 30.7 Å². The van der Waals surface area contributed by atoms with Crippen molar-refractivity contribution in [3.8, 4) is 0 Å². The van der Waals surface area contributed by atoms with E-state index in [-0.39, 0.29) is 11.8 Å². The van der Waals surface area contributed by atoms with Crippen molar-refractivity contribution >= 4 is 35.2 Å². The summed E-state index contributed by atoms with van der Waals surface area (Å²) >= 11 is 6.22. The lowest BCUT2D eigenvalue weighted by molar-refractivity contribution is -0.132. The van der Waals surface area contributed by atoms with Crippen molar-refractivity contribution in [1.82, 2.24) is 4.90 Å². The number of amides is 2. The van der Waals surface area contributed by atoms with Gasteiger partial charge in [0.05, 0.1) is 10.7 Å². The average Bonchev–Trinajstić information content (AvgIpc) is 3.06. The van der Waals surface area contributed by atoms with E-state index in [1.165, 1.54) is 11.0 Å². The summed E-state index contributed by atoms with van der Waals surface area (Å²) in [5.41, 5.74) is 0.686. The van der Waals surface area contributed by atoms with Crippen LogP contribution in [0.15, 0.2) is 46.9 Å². The van der Waals surface area contributed by atoms with Crippen LogP contribution in [0.25, 0.3) is 6.08 Å². The summed E-state index contributed by atoms with van der Waals surface area (Å²) in [6.07, 6.45) is 4.86. The summed E-state index contributed by atoms with van der Waals surface area (Å²) in [5.74, 6) is 2.48. The Hall–Kier alpha value is -2.53. The predicted octanol–water partition coefficient (Wildman–Crippen LogP) is 4.33. The lowest BCUT2D eigenvalue weighted by atomic mass is 10.2. The van der Waals surface area contributed by atoms with Gasteiger partial charge in [0.1, 0.15) is 17.6 Å². The highest BCUT2D eigenvalue weighted by Crippen LogP contribution is 2.47. The van der Waals surface area contributed by atoms with Gasteiger partial charge < -0.3 is 14.2 Å². The highest BCUT2D eigenvalue weighted by Gasteiger charge is 2.38.